The number of aryl methyl sites for hydroxylation is 2. The molecule has 0 aliphatic rings. The van der Waals surface area contributed by atoms with E-state index in [1.54, 1.807) is 0 Å². The van der Waals surface area contributed by atoms with Crippen LogP contribution in [-0.4, -0.2) is 21.0 Å². The molecule has 1 aromatic rings. The highest BCUT2D eigenvalue weighted by Gasteiger charge is 2.13. The van der Waals surface area contributed by atoms with Crippen LogP contribution in [0, 0.1) is 6.92 Å². The number of hydrogen-bond donors (Lipinski definition) is 1. The minimum atomic E-state index is -0.183. The highest BCUT2D eigenvalue weighted by molar-refractivity contribution is 9.10. The van der Waals surface area contributed by atoms with Crippen molar-refractivity contribution < 1.29 is 5.11 Å². The van der Waals surface area contributed by atoms with Crippen LogP contribution in [-0.2, 0) is 13.0 Å². The van der Waals surface area contributed by atoms with E-state index in [9.17, 15) is 5.11 Å². The predicted octanol–water partition coefficient (Wildman–Crippen LogP) is 3.07. The molecule has 0 aliphatic carbocycles. The highest BCUT2D eigenvalue weighted by Crippen LogP contribution is 2.23. The fraction of sp³-hybridized carbons (Fsp3) is 0.750. The Bertz CT molecular complexity index is 336. The van der Waals surface area contributed by atoms with E-state index in [2.05, 4.69) is 34.9 Å². The van der Waals surface area contributed by atoms with Gasteiger partial charge in [0.25, 0.3) is 0 Å². The van der Waals surface area contributed by atoms with E-state index in [1.807, 2.05) is 11.6 Å². The summed E-state index contributed by atoms with van der Waals surface area (Å²) in [6, 6.07) is 0. The van der Waals surface area contributed by atoms with Crippen LogP contribution in [0.1, 0.15) is 44.5 Å². The molecule has 0 saturated heterocycles. The van der Waals surface area contributed by atoms with Gasteiger partial charge < -0.3 is 5.11 Å². The van der Waals surface area contributed by atoms with Gasteiger partial charge in [-0.2, -0.15) is 5.10 Å². The van der Waals surface area contributed by atoms with Crippen LogP contribution < -0.4 is 0 Å². The first-order chi connectivity index (χ1) is 7.60. The topological polar surface area (TPSA) is 38.1 Å². The van der Waals surface area contributed by atoms with E-state index in [-0.39, 0.29) is 6.10 Å². The van der Waals surface area contributed by atoms with E-state index < -0.39 is 0 Å². The molecule has 4 heteroatoms. The SMILES string of the molecule is CCCC(O)CCc1c(Br)c(C)nn1CC. The number of hydrogen-bond acceptors (Lipinski definition) is 2. The van der Waals surface area contributed by atoms with Crippen molar-refractivity contribution in [2.75, 3.05) is 0 Å². The van der Waals surface area contributed by atoms with Crippen LogP contribution in [0.3, 0.4) is 0 Å². The lowest BCUT2D eigenvalue weighted by atomic mass is 10.1. The molecule has 1 N–H and O–H groups in total. The van der Waals surface area contributed by atoms with Crippen molar-refractivity contribution in [2.45, 2.75) is 59.1 Å². The first-order valence-corrected chi connectivity index (χ1v) is 6.79. The molecular weight excluding hydrogens is 268 g/mol. The van der Waals surface area contributed by atoms with Gasteiger partial charge in [0.1, 0.15) is 0 Å². The molecule has 0 spiro atoms. The Morgan fingerprint density at radius 2 is 2.06 bits per heavy atom. The molecule has 1 unspecified atom stereocenters. The van der Waals surface area contributed by atoms with Crippen LogP contribution in [0.25, 0.3) is 0 Å². The van der Waals surface area contributed by atoms with Crippen molar-refractivity contribution in [3.05, 3.63) is 15.9 Å². The third-order valence-corrected chi connectivity index (χ3v) is 3.82. The Hall–Kier alpha value is -0.350. The summed E-state index contributed by atoms with van der Waals surface area (Å²) in [6.45, 7) is 7.07. The molecule has 0 saturated carbocycles. The van der Waals surface area contributed by atoms with Crippen molar-refractivity contribution in [3.8, 4) is 0 Å². The lowest BCUT2D eigenvalue weighted by Gasteiger charge is -2.10. The summed E-state index contributed by atoms with van der Waals surface area (Å²) in [7, 11) is 0. The number of aliphatic hydroxyl groups is 1. The Labute approximate surface area is 106 Å². The maximum absolute atomic E-state index is 9.73. The second-order valence-corrected chi connectivity index (χ2v) is 4.94. The zero-order valence-corrected chi connectivity index (χ0v) is 11.9. The zero-order chi connectivity index (χ0) is 12.1. The molecule has 0 aromatic carbocycles. The van der Waals surface area contributed by atoms with E-state index in [1.165, 1.54) is 5.69 Å². The van der Waals surface area contributed by atoms with E-state index in [4.69, 9.17) is 0 Å². The molecule has 0 fully saturated rings. The summed E-state index contributed by atoms with van der Waals surface area (Å²) in [6.07, 6.45) is 3.44. The smallest absolute Gasteiger partial charge is 0.0738 e. The lowest BCUT2D eigenvalue weighted by Crippen LogP contribution is -2.10. The van der Waals surface area contributed by atoms with Gasteiger partial charge in [-0.05, 0) is 49.0 Å². The number of aliphatic hydroxyl groups excluding tert-OH is 1. The maximum atomic E-state index is 9.73. The van der Waals surface area contributed by atoms with E-state index in [0.717, 1.165) is 42.4 Å². The predicted molar refractivity (Wildman–Crippen MR) is 69.6 cm³/mol. The van der Waals surface area contributed by atoms with Crippen LogP contribution in [0.5, 0.6) is 0 Å². The van der Waals surface area contributed by atoms with Gasteiger partial charge in [0.15, 0.2) is 0 Å². The minimum Gasteiger partial charge on any atom is -0.393 e. The number of nitrogens with zero attached hydrogens (tertiary/aromatic N) is 2. The zero-order valence-electron chi connectivity index (χ0n) is 10.3. The maximum Gasteiger partial charge on any atom is 0.0738 e. The molecule has 0 bridgehead atoms. The normalized spacial score (nSPS) is 13.1. The Balaban J connectivity index is 2.65. The third kappa shape index (κ3) is 3.32. The summed E-state index contributed by atoms with van der Waals surface area (Å²) < 4.78 is 3.11. The van der Waals surface area contributed by atoms with Crippen molar-refractivity contribution >= 4 is 15.9 Å². The van der Waals surface area contributed by atoms with Gasteiger partial charge in [0, 0.05) is 6.54 Å². The molecule has 92 valence electrons. The second-order valence-electron chi connectivity index (χ2n) is 4.14. The van der Waals surface area contributed by atoms with Gasteiger partial charge in [-0.3, -0.25) is 4.68 Å². The molecule has 1 heterocycles. The molecule has 0 amide bonds. The second kappa shape index (κ2) is 6.40. The van der Waals surface area contributed by atoms with Gasteiger partial charge in [-0.1, -0.05) is 13.3 Å². The van der Waals surface area contributed by atoms with Crippen molar-refractivity contribution in [2.24, 2.45) is 0 Å². The molecular formula is C12H21BrN2O. The lowest BCUT2D eigenvalue weighted by molar-refractivity contribution is 0.153. The summed E-state index contributed by atoms with van der Waals surface area (Å²) >= 11 is 3.57. The van der Waals surface area contributed by atoms with E-state index >= 15 is 0 Å². The van der Waals surface area contributed by atoms with Gasteiger partial charge in [0.2, 0.25) is 0 Å². The minimum absolute atomic E-state index is 0.183. The van der Waals surface area contributed by atoms with Gasteiger partial charge in [0.05, 0.1) is 22.0 Å². The fourth-order valence-corrected chi connectivity index (χ4v) is 2.37. The van der Waals surface area contributed by atoms with Crippen LogP contribution in [0.2, 0.25) is 0 Å². The molecule has 1 rings (SSSR count). The number of aromatic nitrogens is 2. The summed E-state index contributed by atoms with van der Waals surface area (Å²) in [5, 5.41) is 14.2. The quantitative estimate of drug-likeness (QED) is 0.874. The fourth-order valence-electron chi connectivity index (χ4n) is 1.89. The first kappa shape index (κ1) is 13.7. The Morgan fingerprint density at radius 3 is 2.62 bits per heavy atom. The van der Waals surface area contributed by atoms with Crippen molar-refractivity contribution in [1.82, 2.24) is 9.78 Å². The van der Waals surface area contributed by atoms with Crippen LogP contribution >= 0.6 is 15.9 Å². The Kier molecular flexibility index (Phi) is 5.49. The first-order valence-electron chi connectivity index (χ1n) is 5.99. The molecule has 0 aliphatic heterocycles. The Morgan fingerprint density at radius 1 is 1.38 bits per heavy atom. The number of halogens is 1. The molecule has 1 atom stereocenters. The monoisotopic (exact) mass is 288 g/mol. The third-order valence-electron chi connectivity index (χ3n) is 2.79. The molecule has 1 aromatic heterocycles. The van der Waals surface area contributed by atoms with Crippen LogP contribution in [0.15, 0.2) is 4.47 Å². The standard InChI is InChI=1S/C12H21BrN2O/c1-4-6-10(16)7-8-11-12(13)9(3)14-15(11)5-2/h10,16H,4-8H2,1-3H3. The molecule has 16 heavy (non-hydrogen) atoms. The summed E-state index contributed by atoms with van der Waals surface area (Å²) in [5.74, 6) is 0. The molecule has 0 radical (unpaired) electrons. The van der Waals surface area contributed by atoms with Gasteiger partial charge in [-0.15, -0.1) is 0 Å². The van der Waals surface area contributed by atoms with Crippen molar-refractivity contribution in [1.29, 1.82) is 0 Å². The van der Waals surface area contributed by atoms with Gasteiger partial charge >= 0.3 is 0 Å². The summed E-state index contributed by atoms with van der Waals surface area (Å²) in [5.41, 5.74) is 2.23. The summed E-state index contributed by atoms with van der Waals surface area (Å²) in [4.78, 5) is 0. The van der Waals surface area contributed by atoms with Crippen LogP contribution in [0.4, 0.5) is 0 Å². The average Bonchev–Trinajstić information content (AvgIpc) is 2.53. The molecule has 3 nitrogen and oxygen atoms in total. The van der Waals surface area contributed by atoms with Crippen molar-refractivity contribution in [3.63, 3.8) is 0 Å². The number of rotatable bonds is 6. The highest BCUT2D eigenvalue weighted by atomic mass is 79.9. The van der Waals surface area contributed by atoms with E-state index in [0.29, 0.717) is 0 Å². The largest absolute Gasteiger partial charge is 0.393 e. The average molecular weight is 289 g/mol. The van der Waals surface area contributed by atoms with Gasteiger partial charge in [-0.25, -0.2) is 0 Å².